The standard InChI is InChI=1S/C17H16ClNS2/c1-12-3-7-15(8-4-12)19-17(20)13(2)11-21-16-9-5-14(18)6-10-16/h3-11H,1-2H3,(H,19,20)/b13-11+. The maximum absolute atomic E-state index is 5.87. The van der Waals surface area contributed by atoms with Crippen molar-refractivity contribution in [3.63, 3.8) is 0 Å². The van der Waals surface area contributed by atoms with Crippen molar-refractivity contribution in [3.8, 4) is 0 Å². The zero-order valence-electron chi connectivity index (χ0n) is 11.9. The highest BCUT2D eigenvalue weighted by atomic mass is 35.5. The Kier molecular flexibility index (Phi) is 5.85. The predicted molar refractivity (Wildman–Crippen MR) is 98.5 cm³/mol. The van der Waals surface area contributed by atoms with Gasteiger partial charge in [0.05, 0.1) is 0 Å². The number of hydrogen-bond donors (Lipinski definition) is 1. The summed E-state index contributed by atoms with van der Waals surface area (Å²) in [4.78, 5) is 1.87. The fourth-order valence-electron chi connectivity index (χ4n) is 1.59. The highest BCUT2D eigenvalue weighted by Crippen LogP contribution is 2.23. The van der Waals surface area contributed by atoms with Gasteiger partial charge in [-0.2, -0.15) is 0 Å². The zero-order chi connectivity index (χ0) is 15.2. The van der Waals surface area contributed by atoms with E-state index in [4.69, 9.17) is 23.8 Å². The molecule has 0 radical (unpaired) electrons. The van der Waals surface area contributed by atoms with Crippen LogP contribution >= 0.6 is 35.6 Å². The van der Waals surface area contributed by atoms with Gasteiger partial charge in [-0.15, -0.1) is 0 Å². The molecule has 2 aromatic carbocycles. The molecule has 1 N–H and O–H groups in total. The van der Waals surface area contributed by atoms with Crippen molar-refractivity contribution in [2.24, 2.45) is 0 Å². The van der Waals surface area contributed by atoms with Crippen LogP contribution in [-0.4, -0.2) is 4.99 Å². The van der Waals surface area contributed by atoms with Crippen molar-refractivity contribution in [3.05, 3.63) is 70.1 Å². The molecule has 0 saturated carbocycles. The van der Waals surface area contributed by atoms with Gasteiger partial charge in [-0.1, -0.05) is 53.3 Å². The SMILES string of the molecule is C/C(=C\Sc1ccc(Cl)cc1)C(=S)Nc1ccc(C)cc1. The molecule has 0 aliphatic heterocycles. The summed E-state index contributed by atoms with van der Waals surface area (Å²) < 4.78 is 0. The topological polar surface area (TPSA) is 12.0 Å². The summed E-state index contributed by atoms with van der Waals surface area (Å²) in [7, 11) is 0. The first-order valence-corrected chi connectivity index (χ1v) is 8.18. The van der Waals surface area contributed by atoms with Crippen LogP contribution in [0.1, 0.15) is 12.5 Å². The average molecular weight is 334 g/mol. The van der Waals surface area contributed by atoms with E-state index < -0.39 is 0 Å². The molecule has 0 atom stereocenters. The number of thiocarbonyl (C=S) groups is 1. The molecule has 0 amide bonds. The van der Waals surface area contributed by atoms with Gasteiger partial charge in [-0.3, -0.25) is 0 Å². The molecule has 2 aromatic rings. The van der Waals surface area contributed by atoms with E-state index >= 15 is 0 Å². The molecule has 0 aromatic heterocycles. The first kappa shape index (κ1) is 16.1. The first-order valence-electron chi connectivity index (χ1n) is 6.51. The molecule has 0 saturated heterocycles. The van der Waals surface area contributed by atoms with Crippen molar-refractivity contribution >= 4 is 46.3 Å². The van der Waals surface area contributed by atoms with Crippen molar-refractivity contribution in [2.45, 2.75) is 18.7 Å². The molecule has 1 nitrogen and oxygen atoms in total. The molecule has 0 unspecified atom stereocenters. The van der Waals surface area contributed by atoms with Crippen molar-refractivity contribution in [1.29, 1.82) is 0 Å². The van der Waals surface area contributed by atoms with Gasteiger partial charge in [0.25, 0.3) is 0 Å². The van der Waals surface area contributed by atoms with E-state index in [1.54, 1.807) is 11.8 Å². The van der Waals surface area contributed by atoms with E-state index in [-0.39, 0.29) is 0 Å². The van der Waals surface area contributed by atoms with Crippen LogP contribution in [0.2, 0.25) is 5.02 Å². The summed E-state index contributed by atoms with van der Waals surface area (Å²) in [6.45, 7) is 4.07. The highest BCUT2D eigenvalue weighted by molar-refractivity contribution is 8.02. The summed E-state index contributed by atoms with van der Waals surface area (Å²) in [5.74, 6) is 0. The van der Waals surface area contributed by atoms with Gasteiger partial charge in [0.15, 0.2) is 0 Å². The van der Waals surface area contributed by atoms with Crippen LogP contribution in [0.5, 0.6) is 0 Å². The summed E-state index contributed by atoms with van der Waals surface area (Å²) in [6, 6.07) is 15.9. The van der Waals surface area contributed by atoms with Crippen LogP contribution in [0.4, 0.5) is 5.69 Å². The minimum Gasteiger partial charge on any atom is -0.346 e. The molecule has 0 aliphatic carbocycles. The number of benzene rings is 2. The van der Waals surface area contributed by atoms with Gasteiger partial charge in [0.1, 0.15) is 4.99 Å². The third-order valence-electron chi connectivity index (χ3n) is 2.85. The summed E-state index contributed by atoms with van der Waals surface area (Å²) in [6.07, 6.45) is 0. The molecule has 2 rings (SSSR count). The Balaban J connectivity index is 1.96. The number of thioether (sulfide) groups is 1. The Morgan fingerprint density at radius 1 is 1.10 bits per heavy atom. The smallest absolute Gasteiger partial charge is 0.107 e. The zero-order valence-corrected chi connectivity index (χ0v) is 14.3. The number of hydrogen-bond acceptors (Lipinski definition) is 2. The molecule has 0 aliphatic rings. The predicted octanol–water partition coefficient (Wildman–Crippen LogP) is 6.08. The Morgan fingerprint density at radius 3 is 2.33 bits per heavy atom. The minimum atomic E-state index is 0.736. The maximum Gasteiger partial charge on any atom is 0.107 e. The third kappa shape index (κ3) is 5.20. The van der Waals surface area contributed by atoms with E-state index in [9.17, 15) is 0 Å². The third-order valence-corrected chi connectivity index (χ3v) is 4.54. The van der Waals surface area contributed by atoms with Crippen LogP contribution in [0, 0.1) is 6.92 Å². The van der Waals surface area contributed by atoms with E-state index in [1.165, 1.54) is 5.56 Å². The van der Waals surface area contributed by atoms with E-state index in [0.717, 1.165) is 26.2 Å². The van der Waals surface area contributed by atoms with E-state index in [2.05, 4.69) is 24.4 Å². The van der Waals surface area contributed by atoms with Gasteiger partial charge in [-0.05, 0) is 61.2 Å². The molecular weight excluding hydrogens is 318 g/mol. The quantitative estimate of drug-likeness (QED) is 0.413. The first-order chi connectivity index (χ1) is 10.0. The highest BCUT2D eigenvalue weighted by Gasteiger charge is 2.01. The fraction of sp³-hybridized carbons (Fsp3) is 0.118. The lowest BCUT2D eigenvalue weighted by Crippen LogP contribution is -2.09. The second-order valence-electron chi connectivity index (χ2n) is 4.69. The Bertz CT molecular complexity index is 645. The van der Waals surface area contributed by atoms with Crippen LogP contribution in [-0.2, 0) is 0 Å². The monoisotopic (exact) mass is 333 g/mol. The average Bonchev–Trinajstić information content (AvgIpc) is 2.48. The van der Waals surface area contributed by atoms with Crippen molar-refractivity contribution < 1.29 is 0 Å². The number of nitrogens with one attached hydrogen (secondary N) is 1. The lowest BCUT2D eigenvalue weighted by atomic mass is 10.2. The molecule has 21 heavy (non-hydrogen) atoms. The van der Waals surface area contributed by atoms with Gasteiger partial charge in [-0.25, -0.2) is 0 Å². The molecule has 0 heterocycles. The summed E-state index contributed by atoms with van der Waals surface area (Å²) in [5, 5.41) is 6.04. The largest absolute Gasteiger partial charge is 0.346 e. The number of aryl methyl sites for hydroxylation is 1. The van der Waals surface area contributed by atoms with Gasteiger partial charge < -0.3 is 5.32 Å². The fourth-order valence-corrected chi connectivity index (χ4v) is 2.69. The van der Waals surface area contributed by atoms with Gasteiger partial charge >= 0.3 is 0 Å². The maximum atomic E-state index is 5.87. The van der Waals surface area contributed by atoms with Gasteiger partial charge in [0, 0.05) is 15.6 Å². The normalized spacial score (nSPS) is 11.3. The molecular formula is C17H16ClNS2. The van der Waals surface area contributed by atoms with Crippen LogP contribution in [0.25, 0.3) is 0 Å². The molecule has 4 heteroatoms. The van der Waals surface area contributed by atoms with E-state index in [0.29, 0.717) is 0 Å². The second-order valence-corrected chi connectivity index (χ2v) is 6.48. The molecule has 0 spiro atoms. The van der Waals surface area contributed by atoms with Crippen LogP contribution in [0.3, 0.4) is 0 Å². The Morgan fingerprint density at radius 2 is 1.71 bits per heavy atom. The minimum absolute atomic E-state index is 0.736. The summed E-state index contributed by atoms with van der Waals surface area (Å²) in [5.41, 5.74) is 3.28. The second kappa shape index (κ2) is 7.64. The van der Waals surface area contributed by atoms with Crippen molar-refractivity contribution in [2.75, 3.05) is 5.32 Å². The molecule has 0 bridgehead atoms. The van der Waals surface area contributed by atoms with Gasteiger partial charge in [0.2, 0.25) is 0 Å². The van der Waals surface area contributed by atoms with Crippen molar-refractivity contribution in [1.82, 2.24) is 0 Å². The number of anilines is 1. The number of rotatable bonds is 4. The lowest BCUT2D eigenvalue weighted by molar-refractivity contribution is 1.46. The molecule has 108 valence electrons. The van der Waals surface area contributed by atoms with Crippen LogP contribution in [0.15, 0.2) is 64.4 Å². The van der Waals surface area contributed by atoms with E-state index in [1.807, 2.05) is 48.7 Å². The Hall–Kier alpha value is -1.29. The number of halogens is 1. The molecule has 0 fully saturated rings. The summed E-state index contributed by atoms with van der Waals surface area (Å²) >= 11 is 12.9. The van der Waals surface area contributed by atoms with Crippen LogP contribution < -0.4 is 5.32 Å². The lowest BCUT2D eigenvalue weighted by Gasteiger charge is -2.08. The Labute approximate surface area is 140 Å².